The van der Waals surface area contributed by atoms with Crippen molar-refractivity contribution >= 4 is 57.8 Å². The Hall–Kier alpha value is -3.70. The van der Waals surface area contributed by atoms with Crippen LogP contribution in [0.1, 0.15) is 5.56 Å². The quantitative estimate of drug-likeness (QED) is 0.469. The van der Waals surface area contributed by atoms with E-state index in [0.29, 0.717) is 26.0 Å². The molecule has 0 atom stereocenters. The minimum Gasteiger partial charge on any atom is -0.321 e. The van der Waals surface area contributed by atoms with E-state index < -0.39 is 5.91 Å². The van der Waals surface area contributed by atoms with E-state index in [9.17, 15) is 14.9 Å². The van der Waals surface area contributed by atoms with E-state index in [-0.39, 0.29) is 15.8 Å². The van der Waals surface area contributed by atoms with Crippen LogP contribution < -0.4 is 20.1 Å². The van der Waals surface area contributed by atoms with Crippen molar-refractivity contribution in [1.29, 1.82) is 5.26 Å². The number of amides is 1. The third-order valence-electron chi connectivity index (χ3n) is 4.52. The van der Waals surface area contributed by atoms with Crippen LogP contribution in [0.25, 0.3) is 17.3 Å². The summed E-state index contributed by atoms with van der Waals surface area (Å²) >= 11 is 13.1. The highest BCUT2D eigenvalue weighted by Crippen LogP contribution is 2.22. The number of hydrogen-bond acceptors (Lipinski definition) is 5. The first kappa shape index (κ1) is 22.5. The Morgan fingerprint density at radius 1 is 1.06 bits per heavy atom. The molecule has 0 saturated heterocycles. The summed E-state index contributed by atoms with van der Waals surface area (Å²) in [4.78, 5) is 30.3. The van der Waals surface area contributed by atoms with Gasteiger partial charge >= 0.3 is 0 Å². The van der Waals surface area contributed by atoms with Gasteiger partial charge in [0.15, 0.2) is 5.57 Å². The van der Waals surface area contributed by atoms with E-state index in [2.05, 4.69) is 10.3 Å². The van der Waals surface area contributed by atoms with Gasteiger partial charge in [0.25, 0.3) is 11.5 Å². The average Bonchev–Trinajstić information content (AvgIpc) is 3.10. The zero-order valence-corrected chi connectivity index (χ0v) is 19.2. The monoisotopic (exact) mass is 492 g/mol. The first-order valence-corrected chi connectivity index (χ1v) is 11.1. The van der Waals surface area contributed by atoms with Gasteiger partial charge in [0, 0.05) is 28.1 Å². The van der Waals surface area contributed by atoms with Crippen LogP contribution in [-0.2, 0) is 4.79 Å². The van der Waals surface area contributed by atoms with Gasteiger partial charge in [0.1, 0.15) is 10.7 Å². The molecule has 2 heterocycles. The van der Waals surface area contributed by atoms with Crippen LogP contribution >= 0.6 is 34.5 Å². The summed E-state index contributed by atoms with van der Waals surface area (Å²) in [6.07, 6.45) is 4.93. The van der Waals surface area contributed by atoms with Gasteiger partial charge in [-0.05, 0) is 54.1 Å². The van der Waals surface area contributed by atoms with Crippen molar-refractivity contribution in [2.45, 2.75) is 0 Å². The highest BCUT2D eigenvalue weighted by molar-refractivity contribution is 7.07. The lowest BCUT2D eigenvalue weighted by atomic mass is 10.2. The summed E-state index contributed by atoms with van der Waals surface area (Å²) in [5, 5.41) is 13.2. The Morgan fingerprint density at radius 2 is 1.73 bits per heavy atom. The van der Waals surface area contributed by atoms with Gasteiger partial charge in [0.05, 0.1) is 10.2 Å². The van der Waals surface area contributed by atoms with Crippen LogP contribution in [0.4, 0.5) is 5.69 Å². The summed E-state index contributed by atoms with van der Waals surface area (Å²) in [6.45, 7) is 0. The van der Waals surface area contributed by atoms with Gasteiger partial charge in [-0.3, -0.25) is 19.1 Å². The van der Waals surface area contributed by atoms with Crippen molar-refractivity contribution in [3.63, 3.8) is 0 Å². The standard InChI is InChI=1S/C24H14Cl2N4O2S/c25-16-11-17(26)13-18(12-16)29-22(31)20(14-27)24-30(19-4-2-1-3-5-19)23(32)21(33-24)10-15-6-8-28-9-7-15/h1-13H,(H,29,31). The molecule has 4 rings (SSSR count). The number of anilines is 1. The molecule has 0 bridgehead atoms. The van der Waals surface area contributed by atoms with Crippen LogP contribution in [-0.4, -0.2) is 15.5 Å². The average molecular weight is 493 g/mol. The zero-order valence-electron chi connectivity index (χ0n) is 16.8. The maximum absolute atomic E-state index is 13.3. The fourth-order valence-electron chi connectivity index (χ4n) is 3.09. The molecule has 0 spiro atoms. The maximum atomic E-state index is 13.3. The molecule has 2 aromatic heterocycles. The lowest BCUT2D eigenvalue weighted by Crippen LogP contribution is -2.32. The summed E-state index contributed by atoms with van der Waals surface area (Å²) < 4.78 is 1.94. The van der Waals surface area contributed by atoms with Gasteiger partial charge in [-0.2, -0.15) is 5.26 Å². The van der Waals surface area contributed by atoms with E-state index in [1.54, 1.807) is 54.9 Å². The van der Waals surface area contributed by atoms with Crippen molar-refractivity contribution in [3.05, 3.63) is 108 Å². The molecule has 33 heavy (non-hydrogen) atoms. The largest absolute Gasteiger partial charge is 0.321 e. The van der Waals surface area contributed by atoms with E-state index in [1.807, 2.05) is 12.1 Å². The van der Waals surface area contributed by atoms with Gasteiger partial charge < -0.3 is 5.32 Å². The number of carbonyl (C=O) groups excluding carboxylic acids is 1. The predicted octanol–water partition coefficient (Wildman–Crippen LogP) is 3.74. The second kappa shape index (κ2) is 9.84. The predicted molar refractivity (Wildman–Crippen MR) is 131 cm³/mol. The normalized spacial score (nSPS) is 12.2. The summed E-state index contributed by atoms with van der Waals surface area (Å²) in [6, 6.07) is 18.9. The molecule has 0 aliphatic heterocycles. The highest BCUT2D eigenvalue weighted by atomic mass is 35.5. The number of rotatable bonds is 4. The number of nitrogens with zero attached hydrogens (tertiary/aromatic N) is 3. The summed E-state index contributed by atoms with van der Waals surface area (Å²) in [7, 11) is 0. The molecule has 0 fully saturated rings. The SMILES string of the molecule is N#CC(C(=O)Nc1cc(Cl)cc(Cl)c1)=c1sc(=Cc2ccncc2)c(=O)n1-c1ccccc1. The number of aromatic nitrogens is 2. The van der Waals surface area contributed by atoms with Crippen LogP contribution in [0.5, 0.6) is 0 Å². The zero-order chi connectivity index (χ0) is 23.4. The van der Waals surface area contributed by atoms with Crippen LogP contribution in [0.3, 0.4) is 0 Å². The number of pyridine rings is 1. The maximum Gasteiger partial charge on any atom is 0.273 e. The number of benzene rings is 2. The first-order chi connectivity index (χ1) is 16.0. The molecule has 0 saturated carbocycles. The van der Waals surface area contributed by atoms with Gasteiger partial charge in [-0.25, -0.2) is 0 Å². The summed E-state index contributed by atoms with van der Waals surface area (Å²) in [5.41, 5.74) is 1.08. The second-order valence-corrected chi connectivity index (χ2v) is 8.68. The van der Waals surface area contributed by atoms with Crippen molar-refractivity contribution in [2.24, 2.45) is 0 Å². The third kappa shape index (κ3) is 5.04. The summed E-state index contributed by atoms with van der Waals surface area (Å²) in [5.74, 6) is -0.683. The third-order valence-corrected chi connectivity index (χ3v) is 6.04. The Morgan fingerprint density at radius 3 is 2.36 bits per heavy atom. The van der Waals surface area contributed by atoms with Crippen molar-refractivity contribution < 1.29 is 4.79 Å². The smallest absolute Gasteiger partial charge is 0.273 e. The molecule has 1 amide bonds. The molecule has 2 aromatic carbocycles. The Kier molecular flexibility index (Phi) is 6.71. The van der Waals surface area contributed by atoms with Gasteiger partial charge in [0.2, 0.25) is 0 Å². The van der Waals surface area contributed by atoms with Crippen molar-refractivity contribution in [3.8, 4) is 11.8 Å². The minimum absolute atomic E-state index is 0.208. The number of thiazole rings is 1. The van der Waals surface area contributed by atoms with Crippen molar-refractivity contribution in [2.75, 3.05) is 5.32 Å². The van der Waals surface area contributed by atoms with E-state index in [0.717, 1.165) is 16.9 Å². The van der Waals surface area contributed by atoms with Crippen molar-refractivity contribution in [1.82, 2.24) is 9.55 Å². The lowest BCUT2D eigenvalue weighted by Gasteiger charge is -2.06. The first-order valence-electron chi connectivity index (χ1n) is 9.57. The lowest BCUT2D eigenvalue weighted by molar-refractivity contribution is -0.111. The van der Waals surface area contributed by atoms with Gasteiger partial charge in [-0.1, -0.05) is 41.4 Å². The molecule has 1 N–H and O–H groups in total. The number of hydrogen-bond donors (Lipinski definition) is 1. The Labute approximate surface area is 202 Å². The van der Waals surface area contributed by atoms with E-state index >= 15 is 0 Å². The number of halogens is 2. The molecular weight excluding hydrogens is 479 g/mol. The van der Waals surface area contributed by atoms with Crippen LogP contribution in [0.15, 0.2) is 77.9 Å². The van der Waals surface area contributed by atoms with Crippen LogP contribution in [0.2, 0.25) is 10.0 Å². The number of para-hydroxylation sites is 1. The van der Waals surface area contributed by atoms with E-state index in [4.69, 9.17) is 23.2 Å². The molecule has 0 aliphatic carbocycles. The topological polar surface area (TPSA) is 87.8 Å². The van der Waals surface area contributed by atoms with Crippen LogP contribution in [0, 0.1) is 11.3 Å². The molecule has 0 radical (unpaired) electrons. The van der Waals surface area contributed by atoms with Gasteiger partial charge in [-0.15, -0.1) is 11.3 Å². The molecule has 9 heteroatoms. The molecule has 6 nitrogen and oxygen atoms in total. The fraction of sp³-hybridized carbons (Fsp3) is 0. The highest BCUT2D eigenvalue weighted by Gasteiger charge is 2.17. The molecule has 4 aromatic rings. The minimum atomic E-state index is -0.683. The number of nitriles is 1. The number of carbonyl (C=O) groups is 1. The van der Waals surface area contributed by atoms with E-state index in [1.165, 1.54) is 22.8 Å². The Balaban J connectivity index is 1.94. The second-order valence-electron chi connectivity index (χ2n) is 6.77. The fourth-order valence-corrected chi connectivity index (χ4v) is 4.72. The molecular formula is C24H14Cl2N4O2S. The molecule has 162 valence electrons. The number of nitrogens with one attached hydrogen (secondary N) is 1. The molecule has 0 aliphatic rings. The Bertz CT molecular complexity index is 1540. The molecule has 0 unspecified atom stereocenters.